The van der Waals surface area contributed by atoms with Crippen LogP contribution in [0, 0.1) is 6.54 Å². The Balaban J connectivity index is 2.39. The van der Waals surface area contributed by atoms with Gasteiger partial charge in [0.15, 0.2) is 0 Å². The maximum absolute atomic E-state index is 5.08. The SMILES string of the molecule is [C]1NCCc2ccoc21. The average molecular weight is 121 g/mol. The van der Waals surface area contributed by atoms with Crippen LogP contribution in [0.2, 0.25) is 0 Å². The van der Waals surface area contributed by atoms with Crippen LogP contribution >= 0.6 is 0 Å². The summed E-state index contributed by atoms with van der Waals surface area (Å²) in [6, 6.07) is 1.99. The number of rotatable bonds is 0. The fourth-order valence-electron chi connectivity index (χ4n) is 0.982. The van der Waals surface area contributed by atoms with E-state index in [4.69, 9.17) is 4.42 Å². The second-order valence-corrected chi connectivity index (χ2v) is 2.08. The minimum atomic E-state index is 0.862. The van der Waals surface area contributed by atoms with Gasteiger partial charge in [-0.15, -0.1) is 0 Å². The van der Waals surface area contributed by atoms with E-state index in [1.165, 1.54) is 5.56 Å². The van der Waals surface area contributed by atoms with Crippen LogP contribution in [-0.2, 0) is 6.42 Å². The lowest BCUT2D eigenvalue weighted by Gasteiger charge is -2.08. The lowest BCUT2D eigenvalue weighted by atomic mass is 10.1. The zero-order valence-corrected chi connectivity index (χ0v) is 4.98. The van der Waals surface area contributed by atoms with Crippen molar-refractivity contribution >= 4 is 0 Å². The lowest BCUT2D eigenvalue weighted by molar-refractivity contribution is 0.513. The summed E-state index contributed by atoms with van der Waals surface area (Å²) in [6.45, 7) is 3.90. The largest absolute Gasteiger partial charge is 0.467 e. The molecule has 2 heteroatoms. The third kappa shape index (κ3) is 0.754. The highest BCUT2D eigenvalue weighted by Gasteiger charge is 2.10. The Morgan fingerprint density at radius 3 is 3.56 bits per heavy atom. The molecule has 2 rings (SSSR count). The first kappa shape index (κ1) is 5.06. The van der Waals surface area contributed by atoms with Gasteiger partial charge in [-0.25, -0.2) is 0 Å². The Bertz CT molecular complexity index is 184. The van der Waals surface area contributed by atoms with Gasteiger partial charge in [-0.1, -0.05) is 0 Å². The molecule has 2 heterocycles. The van der Waals surface area contributed by atoms with E-state index in [0.717, 1.165) is 18.7 Å². The van der Waals surface area contributed by atoms with Gasteiger partial charge in [0.2, 0.25) is 0 Å². The summed E-state index contributed by atoms with van der Waals surface area (Å²) in [7, 11) is 0. The standard InChI is InChI=1S/C7H7NO/c1-3-8-5-7-6(1)2-4-9-7/h2,4,8H,1,3H2. The van der Waals surface area contributed by atoms with Crippen LogP contribution < -0.4 is 5.32 Å². The number of nitrogens with one attached hydrogen (secondary N) is 1. The van der Waals surface area contributed by atoms with E-state index in [2.05, 4.69) is 11.9 Å². The summed E-state index contributed by atoms with van der Waals surface area (Å²) in [4.78, 5) is 0. The van der Waals surface area contributed by atoms with E-state index in [0.29, 0.717) is 0 Å². The summed E-state index contributed by atoms with van der Waals surface area (Å²) < 4.78 is 5.08. The molecule has 0 saturated carbocycles. The van der Waals surface area contributed by atoms with E-state index in [1.807, 2.05) is 6.07 Å². The van der Waals surface area contributed by atoms with Crippen LogP contribution in [0.4, 0.5) is 0 Å². The molecule has 0 aliphatic carbocycles. The lowest BCUT2D eigenvalue weighted by Crippen LogP contribution is -2.19. The fourth-order valence-corrected chi connectivity index (χ4v) is 0.982. The van der Waals surface area contributed by atoms with Crippen molar-refractivity contribution in [2.45, 2.75) is 6.42 Å². The van der Waals surface area contributed by atoms with E-state index in [9.17, 15) is 0 Å². The first-order valence-corrected chi connectivity index (χ1v) is 3.02. The van der Waals surface area contributed by atoms with Crippen molar-refractivity contribution in [1.29, 1.82) is 0 Å². The number of furan rings is 1. The maximum Gasteiger partial charge on any atom is 0.133 e. The molecule has 1 aromatic heterocycles. The minimum absolute atomic E-state index is 0.862. The van der Waals surface area contributed by atoms with Crippen molar-refractivity contribution in [3.8, 4) is 0 Å². The summed E-state index contributed by atoms with van der Waals surface area (Å²) in [6.07, 6.45) is 2.75. The molecule has 1 N–H and O–H groups in total. The normalized spacial score (nSPS) is 17.3. The van der Waals surface area contributed by atoms with Gasteiger partial charge >= 0.3 is 0 Å². The third-order valence-corrected chi connectivity index (χ3v) is 1.47. The molecule has 0 fully saturated rings. The van der Waals surface area contributed by atoms with E-state index < -0.39 is 0 Å². The van der Waals surface area contributed by atoms with Gasteiger partial charge in [-0.2, -0.15) is 0 Å². The smallest absolute Gasteiger partial charge is 0.133 e. The Morgan fingerprint density at radius 2 is 2.67 bits per heavy atom. The molecule has 1 aliphatic heterocycles. The molecule has 0 unspecified atom stereocenters. The first-order chi connectivity index (χ1) is 4.47. The molecule has 0 amide bonds. The minimum Gasteiger partial charge on any atom is -0.467 e. The van der Waals surface area contributed by atoms with Crippen molar-refractivity contribution in [3.05, 3.63) is 30.2 Å². The maximum atomic E-state index is 5.08. The van der Waals surface area contributed by atoms with Gasteiger partial charge in [0.1, 0.15) is 12.3 Å². The summed E-state index contributed by atoms with van der Waals surface area (Å²) in [5.74, 6) is 0.862. The Labute approximate surface area is 53.9 Å². The van der Waals surface area contributed by atoms with Crippen LogP contribution in [0.1, 0.15) is 11.3 Å². The van der Waals surface area contributed by atoms with E-state index >= 15 is 0 Å². The summed E-state index contributed by atoms with van der Waals surface area (Å²) in [5, 5.41) is 2.98. The third-order valence-electron chi connectivity index (χ3n) is 1.47. The van der Waals surface area contributed by atoms with Crippen molar-refractivity contribution in [1.82, 2.24) is 5.32 Å². The fraction of sp³-hybridized carbons (Fsp3) is 0.286. The Kier molecular flexibility index (Phi) is 1.06. The Hall–Kier alpha value is -0.760. The van der Waals surface area contributed by atoms with Gasteiger partial charge in [-0.3, -0.25) is 0 Å². The molecule has 1 aliphatic rings. The molecule has 9 heavy (non-hydrogen) atoms. The van der Waals surface area contributed by atoms with Crippen molar-refractivity contribution < 1.29 is 4.42 Å². The quantitative estimate of drug-likeness (QED) is 0.549. The number of hydrogen-bond acceptors (Lipinski definition) is 2. The van der Waals surface area contributed by atoms with Crippen LogP contribution in [0.5, 0.6) is 0 Å². The summed E-state index contributed by atoms with van der Waals surface area (Å²) >= 11 is 0. The molecule has 0 spiro atoms. The van der Waals surface area contributed by atoms with Gasteiger partial charge in [0.25, 0.3) is 0 Å². The van der Waals surface area contributed by atoms with Gasteiger partial charge in [0, 0.05) is 6.54 Å². The predicted molar refractivity (Wildman–Crippen MR) is 32.8 cm³/mol. The molecule has 2 nitrogen and oxygen atoms in total. The van der Waals surface area contributed by atoms with Crippen LogP contribution in [0.3, 0.4) is 0 Å². The topological polar surface area (TPSA) is 25.2 Å². The zero-order valence-electron chi connectivity index (χ0n) is 4.98. The molecular weight excluding hydrogens is 114 g/mol. The van der Waals surface area contributed by atoms with Gasteiger partial charge in [0.05, 0.1) is 6.26 Å². The van der Waals surface area contributed by atoms with Crippen molar-refractivity contribution in [3.63, 3.8) is 0 Å². The Morgan fingerprint density at radius 1 is 1.67 bits per heavy atom. The second kappa shape index (κ2) is 1.88. The van der Waals surface area contributed by atoms with Crippen LogP contribution in [-0.4, -0.2) is 6.54 Å². The van der Waals surface area contributed by atoms with Gasteiger partial charge < -0.3 is 9.73 Å². The van der Waals surface area contributed by atoms with E-state index in [-0.39, 0.29) is 0 Å². The van der Waals surface area contributed by atoms with E-state index in [1.54, 1.807) is 6.26 Å². The molecule has 0 saturated heterocycles. The molecule has 0 atom stereocenters. The molecular formula is C7H7NO. The van der Waals surface area contributed by atoms with Gasteiger partial charge in [-0.05, 0) is 18.1 Å². The van der Waals surface area contributed by atoms with Crippen LogP contribution in [0.25, 0.3) is 0 Å². The summed E-state index contributed by atoms with van der Waals surface area (Å²) in [5.41, 5.74) is 1.26. The number of hydrogen-bond donors (Lipinski definition) is 1. The molecule has 0 bridgehead atoms. The van der Waals surface area contributed by atoms with Crippen LogP contribution in [0.15, 0.2) is 16.7 Å². The first-order valence-electron chi connectivity index (χ1n) is 3.02. The highest BCUT2D eigenvalue weighted by Crippen LogP contribution is 2.14. The molecule has 0 aromatic carbocycles. The average Bonchev–Trinajstić information content (AvgIpc) is 2.33. The van der Waals surface area contributed by atoms with Crippen molar-refractivity contribution in [2.75, 3.05) is 6.54 Å². The highest BCUT2D eigenvalue weighted by atomic mass is 16.3. The predicted octanol–water partition coefficient (Wildman–Crippen LogP) is 0.812. The monoisotopic (exact) mass is 121 g/mol. The van der Waals surface area contributed by atoms with Crippen molar-refractivity contribution in [2.24, 2.45) is 0 Å². The molecule has 46 valence electrons. The molecule has 2 radical (unpaired) electrons. The molecule has 1 aromatic rings. The number of fused-ring (bicyclic) bond motifs is 1. The zero-order chi connectivity index (χ0) is 6.10. The highest BCUT2D eigenvalue weighted by molar-refractivity contribution is 5.25. The second-order valence-electron chi connectivity index (χ2n) is 2.08.